The lowest BCUT2D eigenvalue weighted by molar-refractivity contribution is 0.103. The molecule has 0 unspecified atom stereocenters. The fraction of sp³-hybridized carbons (Fsp3) is 0.154. The highest BCUT2D eigenvalue weighted by atomic mass is 32.1. The van der Waals surface area contributed by atoms with Crippen LogP contribution in [0.3, 0.4) is 0 Å². The van der Waals surface area contributed by atoms with E-state index >= 15 is 0 Å². The third-order valence-electron chi connectivity index (χ3n) is 2.36. The number of hydrogen-bond donors (Lipinski definition) is 0. The summed E-state index contributed by atoms with van der Waals surface area (Å²) in [6.07, 6.45) is 0. The van der Waals surface area contributed by atoms with Crippen molar-refractivity contribution in [1.29, 1.82) is 0 Å². The highest BCUT2D eigenvalue weighted by molar-refractivity contribution is 7.10. The Bertz CT molecular complexity index is 543. The van der Waals surface area contributed by atoms with Crippen molar-refractivity contribution in [3.05, 3.63) is 57.0 Å². The van der Waals surface area contributed by atoms with Gasteiger partial charge in [-0.1, -0.05) is 6.07 Å². The van der Waals surface area contributed by atoms with E-state index in [1.807, 2.05) is 6.92 Å². The molecule has 0 aliphatic heterocycles. The molecule has 0 radical (unpaired) electrons. The molecule has 0 spiro atoms. The number of halogens is 1. The fourth-order valence-electron chi connectivity index (χ4n) is 1.52. The van der Waals surface area contributed by atoms with Gasteiger partial charge in [0.1, 0.15) is 5.82 Å². The number of benzene rings is 1. The van der Waals surface area contributed by atoms with Gasteiger partial charge < -0.3 is 0 Å². The van der Waals surface area contributed by atoms with Gasteiger partial charge >= 0.3 is 0 Å². The third-order valence-corrected chi connectivity index (χ3v) is 3.22. The molecule has 1 heterocycles. The van der Waals surface area contributed by atoms with E-state index in [0.29, 0.717) is 5.56 Å². The first-order chi connectivity index (χ1) is 7.58. The summed E-state index contributed by atoms with van der Waals surface area (Å²) in [7, 11) is 0. The Hall–Kier alpha value is -1.48. The van der Waals surface area contributed by atoms with Crippen molar-refractivity contribution >= 4 is 17.1 Å². The van der Waals surface area contributed by atoms with Gasteiger partial charge in [0.25, 0.3) is 0 Å². The maximum absolute atomic E-state index is 13.6. The van der Waals surface area contributed by atoms with Crippen molar-refractivity contribution in [3.8, 4) is 0 Å². The van der Waals surface area contributed by atoms with Crippen LogP contribution in [0.4, 0.5) is 4.39 Å². The van der Waals surface area contributed by atoms with E-state index in [1.165, 1.54) is 17.4 Å². The van der Waals surface area contributed by atoms with Gasteiger partial charge in [0.05, 0.1) is 5.56 Å². The molecule has 2 rings (SSSR count). The second-order valence-corrected chi connectivity index (χ2v) is 4.87. The second-order valence-electron chi connectivity index (χ2n) is 3.76. The second kappa shape index (κ2) is 4.18. The summed E-state index contributed by atoms with van der Waals surface area (Å²) < 4.78 is 13.6. The van der Waals surface area contributed by atoms with Gasteiger partial charge in [0, 0.05) is 15.8 Å². The number of hydrogen-bond acceptors (Lipinski definition) is 2. The molecule has 0 aliphatic carbocycles. The molecule has 16 heavy (non-hydrogen) atoms. The van der Waals surface area contributed by atoms with Crippen molar-refractivity contribution in [2.75, 3.05) is 0 Å². The van der Waals surface area contributed by atoms with Crippen LogP contribution in [0.25, 0.3) is 0 Å². The average Bonchev–Trinajstić information content (AvgIpc) is 2.64. The van der Waals surface area contributed by atoms with Crippen LogP contribution in [0, 0.1) is 19.7 Å². The van der Waals surface area contributed by atoms with Gasteiger partial charge in [0.2, 0.25) is 0 Å². The minimum atomic E-state index is -0.450. The minimum Gasteiger partial charge on any atom is -0.288 e. The van der Waals surface area contributed by atoms with Crippen LogP contribution in [0.1, 0.15) is 26.4 Å². The summed E-state index contributed by atoms with van der Waals surface area (Å²) in [4.78, 5) is 13.0. The molecule has 3 heteroatoms. The Balaban J connectivity index is 2.41. The summed E-state index contributed by atoms with van der Waals surface area (Å²) in [5.74, 6) is -0.698. The van der Waals surface area contributed by atoms with Crippen molar-refractivity contribution in [1.82, 2.24) is 0 Å². The van der Waals surface area contributed by atoms with Crippen LogP contribution >= 0.6 is 11.3 Å². The molecule has 0 atom stereocenters. The Labute approximate surface area is 97.6 Å². The summed E-state index contributed by atoms with van der Waals surface area (Å²) in [6.45, 7) is 3.72. The molecular formula is C13H11FOS. The normalized spacial score (nSPS) is 10.4. The van der Waals surface area contributed by atoms with Crippen molar-refractivity contribution in [2.45, 2.75) is 13.8 Å². The lowest BCUT2D eigenvalue weighted by Gasteiger charge is -2.01. The Morgan fingerprint density at radius 3 is 2.56 bits per heavy atom. The van der Waals surface area contributed by atoms with E-state index in [9.17, 15) is 9.18 Å². The van der Waals surface area contributed by atoms with Crippen molar-refractivity contribution < 1.29 is 9.18 Å². The topological polar surface area (TPSA) is 17.1 Å². The summed E-state index contributed by atoms with van der Waals surface area (Å²) >= 11 is 1.49. The van der Waals surface area contributed by atoms with Crippen LogP contribution in [-0.4, -0.2) is 5.78 Å². The Morgan fingerprint density at radius 1 is 1.25 bits per heavy atom. The monoisotopic (exact) mass is 234 g/mol. The Kier molecular flexibility index (Phi) is 2.88. The molecule has 0 saturated heterocycles. The molecule has 1 aromatic heterocycles. The maximum atomic E-state index is 13.6. The first-order valence-electron chi connectivity index (χ1n) is 4.94. The average molecular weight is 234 g/mol. The van der Waals surface area contributed by atoms with E-state index in [1.54, 1.807) is 30.5 Å². The van der Waals surface area contributed by atoms with Gasteiger partial charge in [-0.25, -0.2) is 4.39 Å². The molecule has 1 nitrogen and oxygen atoms in total. The summed E-state index contributed by atoms with van der Waals surface area (Å²) in [6, 6.07) is 6.45. The fourth-order valence-corrected chi connectivity index (χ4v) is 2.21. The smallest absolute Gasteiger partial charge is 0.196 e. The van der Waals surface area contributed by atoms with Crippen molar-refractivity contribution in [2.24, 2.45) is 0 Å². The number of ketones is 1. The number of carbonyl (C=O) groups excluding carboxylic acids is 1. The predicted octanol–water partition coefficient (Wildman–Crippen LogP) is 3.74. The van der Waals surface area contributed by atoms with Gasteiger partial charge in [-0.3, -0.25) is 4.79 Å². The van der Waals surface area contributed by atoms with E-state index in [4.69, 9.17) is 0 Å². The number of aryl methyl sites for hydroxylation is 2. The molecule has 0 amide bonds. The van der Waals surface area contributed by atoms with Crippen LogP contribution < -0.4 is 0 Å². The molecular weight excluding hydrogens is 223 g/mol. The zero-order valence-corrected chi connectivity index (χ0v) is 9.90. The minimum absolute atomic E-state index is 0.142. The first kappa shape index (κ1) is 11.0. The number of thiophene rings is 1. The van der Waals surface area contributed by atoms with E-state index in [2.05, 4.69) is 0 Å². The molecule has 0 saturated carbocycles. The summed E-state index contributed by atoms with van der Waals surface area (Å²) in [5, 5.41) is 1.76. The standard InChI is InChI=1S/C13H11FOS/c1-8-3-4-11(12(14)5-8)13(15)10-6-9(2)16-7-10/h3-7H,1-2H3. The van der Waals surface area contributed by atoms with Gasteiger partial charge in [0.15, 0.2) is 5.78 Å². The van der Waals surface area contributed by atoms with Crippen LogP contribution in [0.5, 0.6) is 0 Å². The lowest BCUT2D eigenvalue weighted by atomic mass is 10.0. The highest BCUT2D eigenvalue weighted by Crippen LogP contribution is 2.19. The van der Waals surface area contributed by atoms with Gasteiger partial charge in [-0.15, -0.1) is 11.3 Å². The first-order valence-corrected chi connectivity index (χ1v) is 5.82. The highest BCUT2D eigenvalue weighted by Gasteiger charge is 2.14. The molecule has 0 bridgehead atoms. The molecule has 1 aromatic carbocycles. The van der Waals surface area contributed by atoms with Gasteiger partial charge in [-0.2, -0.15) is 0 Å². The van der Waals surface area contributed by atoms with Crippen LogP contribution in [0.2, 0.25) is 0 Å². The summed E-state index contributed by atoms with van der Waals surface area (Å²) in [5.41, 5.74) is 1.52. The third kappa shape index (κ3) is 2.04. The maximum Gasteiger partial charge on any atom is 0.196 e. The molecule has 0 aliphatic rings. The quantitative estimate of drug-likeness (QED) is 0.723. The lowest BCUT2D eigenvalue weighted by Crippen LogP contribution is -2.03. The van der Waals surface area contributed by atoms with E-state index < -0.39 is 5.82 Å². The number of rotatable bonds is 2. The van der Waals surface area contributed by atoms with Gasteiger partial charge in [-0.05, 0) is 37.6 Å². The molecule has 82 valence electrons. The zero-order chi connectivity index (χ0) is 11.7. The van der Waals surface area contributed by atoms with E-state index in [0.717, 1.165) is 10.4 Å². The van der Waals surface area contributed by atoms with Crippen LogP contribution in [0.15, 0.2) is 29.6 Å². The molecule has 2 aromatic rings. The predicted molar refractivity (Wildman–Crippen MR) is 63.6 cm³/mol. The number of carbonyl (C=O) groups is 1. The molecule has 0 N–H and O–H groups in total. The largest absolute Gasteiger partial charge is 0.288 e. The van der Waals surface area contributed by atoms with Crippen LogP contribution in [-0.2, 0) is 0 Å². The Morgan fingerprint density at radius 2 is 2.00 bits per heavy atom. The van der Waals surface area contributed by atoms with E-state index in [-0.39, 0.29) is 11.3 Å². The molecule has 0 fully saturated rings. The van der Waals surface area contributed by atoms with Crippen molar-refractivity contribution in [3.63, 3.8) is 0 Å². The zero-order valence-electron chi connectivity index (χ0n) is 9.08. The SMILES string of the molecule is Cc1ccc(C(=O)c2csc(C)c2)c(F)c1.